The fraction of sp³-hybridized carbons (Fsp3) is 0.696. The van der Waals surface area contributed by atoms with Gasteiger partial charge < -0.3 is 9.80 Å². The second kappa shape index (κ2) is 8.82. The van der Waals surface area contributed by atoms with Crippen molar-refractivity contribution in [3.63, 3.8) is 0 Å². The van der Waals surface area contributed by atoms with E-state index in [1.54, 1.807) is 0 Å². The van der Waals surface area contributed by atoms with E-state index >= 15 is 0 Å². The summed E-state index contributed by atoms with van der Waals surface area (Å²) in [7, 11) is 2.08. The van der Waals surface area contributed by atoms with Crippen LogP contribution in [0, 0.1) is 5.41 Å². The topological polar surface area (TPSA) is 56.8 Å². The number of likely N-dealkylation sites (tertiary alicyclic amines) is 3. The number of aromatic nitrogens is 1. The van der Waals surface area contributed by atoms with Gasteiger partial charge in [-0.2, -0.15) is 0 Å². The van der Waals surface area contributed by atoms with Crippen molar-refractivity contribution in [2.24, 2.45) is 5.41 Å². The number of nitrogens with zero attached hydrogens (tertiary/aromatic N) is 4. The van der Waals surface area contributed by atoms with E-state index in [4.69, 9.17) is 0 Å². The van der Waals surface area contributed by atoms with Crippen LogP contribution < -0.4 is 0 Å². The highest BCUT2D eigenvalue weighted by Crippen LogP contribution is 2.40. The molecule has 6 heteroatoms. The predicted molar refractivity (Wildman–Crippen MR) is 112 cm³/mol. The van der Waals surface area contributed by atoms with E-state index in [2.05, 4.69) is 21.8 Å². The number of hydrogen-bond acceptors (Lipinski definition) is 4. The quantitative estimate of drug-likeness (QED) is 0.781. The van der Waals surface area contributed by atoms with Crippen molar-refractivity contribution in [1.82, 2.24) is 19.7 Å². The molecule has 1 aromatic rings. The van der Waals surface area contributed by atoms with E-state index in [0.29, 0.717) is 12.3 Å². The lowest BCUT2D eigenvalue weighted by Crippen LogP contribution is -2.55. The Morgan fingerprint density at radius 1 is 1.17 bits per heavy atom. The van der Waals surface area contributed by atoms with Crippen LogP contribution in [0.3, 0.4) is 0 Å². The summed E-state index contributed by atoms with van der Waals surface area (Å²) in [6, 6.07) is 6.01. The summed E-state index contributed by atoms with van der Waals surface area (Å²) >= 11 is 0. The summed E-state index contributed by atoms with van der Waals surface area (Å²) in [5.74, 6) is 0.592. The van der Waals surface area contributed by atoms with Crippen LogP contribution in [0.1, 0.15) is 50.6 Å². The predicted octanol–water partition coefficient (Wildman–Crippen LogP) is 2.34. The Morgan fingerprint density at radius 3 is 2.72 bits per heavy atom. The van der Waals surface area contributed by atoms with Crippen molar-refractivity contribution in [1.29, 1.82) is 0 Å². The zero-order valence-electron chi connectivity index (χ0n) is 17.7. The van der Waals surface area contributed by atoms with Crippen LogP contribution in [0.15, 0.2) is 24.4 Å². The van der Waals surface area contributed by atoms with E-state index in [1.807, 2.05) is 29.3 Å². The second-order valence-electron chi connectivity index (χ2n) is 9.20. The van der Waals surface area contributed by atoms with Gasteiger partial charge in [0.25, 0.3) is 0 Å². The molecule has 3 saturated heterocycles. The molecule has 6 nitrogen and oxygen atoms in total. The number of likely N-dealkylation sites (N-methyl/N-ethyl adjacent to an activating group) is 1. The molecule has 0 unspecified atom stereocenters. The van der Waals surface area contributed by atoms with Gasteiger partial charge in [0.1, 0.15) is 0 Å². The Kier molecular flexibility index (Phi) is 6.18. The average Bonchev–Trinajstić information content (AvgIpc) is 2.76. The highest BCUT2D eigenvalue weighted by atomic mass is 16.2. The SMILES string of the molecule is CN1CCCC[C@@H]1C(=O)N1CCC2(CCC(=O)N(CCc3ccccn3)C2)CC1. The maximum absolute atomic E-state index is 13.0. The Labute approximate surface area is 174 Å². The van der Waals surface area contributed by atoms with Gasteiger partial charge in [-0.3, -0.25) is 19.5 Å². The standard InChI is InChI=1S/C23H34N4O2/c1-25-14-5-3-7-20(25)22(29)26-16-11-23(12-17-26)10-8-21(28)27(18-23)15-9-19-6-2-4-13-24-19/h2,4,6,13,20H,3,5,7-12,14-18H2,1H3/t20-/m1/s1. The number of carbonyl (C=O) groups is 2. The molecule has 3 fully saturated rings. The summed E-state index contributed by atoms with van der Waals surface area (Å²) < 4.78 is 0. The summed E-state index contributed by atoms with van der Waals surface area (Å²) in [5.41, 5.74) is 1.23. The first-order valence-corrected chi connectivity index (χ1v) is 11.2. The van der Waals surface area contributed by atoms with Gasteiger partial charge in [-0.05, 0) is 63.2 Å². The molecule has 0 saturated carbocycles. The van der Waals surface area contributed by atoms with E-state index in [9.17, 15) is 9.59 Å². The number of pyridine rings is 1. The first kappa shape index (κ1) is 20.3. The van der Waals surface area contributed by atoms with Crippen molar-refractivity contribution < 1.29 is 9.59 Å². The monoisotopic (exact) mass is 398 g/mol. The number of amides is 2. The molecule has 0 bridgehead atoms. The van der Waals surface area contributed by atoms with Crippen LogP contribution in [0.4, 0.5) is 0 Å². The summed E-state index contributed by atoms with van der Waals surface area (Å²) in [4.78, 5) is 36.3. The zero-order valence-corrected chi connectivity index (χ0v) is 17.7. The van der Waals surface area contributed by atoms with Crippen molar-refractivity contribution in [2.45, 2.75) is 57.4 Å². The summed E-state index contributed by atoms with van der Waals surface area (Å²) in [6.07, 6.45) is 9.61. The van der Waals surface area contributed by atoms with Crippen molar-refractivity contribution in [3.8, 4) is 0 Å². The fourth-order valence-electron chi connectivity index (χ4n) is 5.31. The maximum Gasteiger partial charge on any atom is 0.239 e. The van der Waals surface area contributed by atoms with E-state index in [0.717, 1.165) is 76.9 Å². The minimum atomic E-state index is 0.0700. The van der Waals surface area contributed by atoms with Crippen LogP contribution in [0.25, 0.3) is 0 Å². The van der Waals surface area contributed by atoms with E-state index in [-0.39, 0.29) is 17.4 Å². The molecule has 4 rings (SSSR count). The van der Waals surface area contributed by atoms with Crippen molar-refractivity contribution >= 4 is 11.8 Å². The van der Waals surface area contributed by atoms with Gasteiger partial charge in [0.05, 0.1) is 6.04 Å². The average molecular weight is 399 g/mol. The Morgan fingerprint density at radius 2 is 2.00 bits per heavy atom. The Balaban J connectivity index is 1.32. The molecule has 0 aromatic carbocycles. The molecule has 1 spiro atoms. The molecule has 29 heavy (non-hydrogen) atoms. The molecule has 1 atom stereocenters. The highest BCUT2D eigenvalue weighted by Gasteiger charge is 2.42. The normalized spacial score (nSPS) is 25.4. The molecule has 2 amide bonds. The number of hydrogen-bond donors (Lipinski definition) is 0. The lowest BCUT2D eigenvalue weighted by molar-refractivity contribution is -0.145. The first-order valence-electron chi connectivity index (χ1n) is 11.2. The third-order valence-electron chi connectivity index (χ3n) is 7.30. The molecule has 158 valence electrons. The lowest BCUT2D eigenvalue weighted by Gasteiger charge is -2.48. The Hall–Kier alpha value is -1.95. The molecule has 3 aliphatic heterocycles. The van der Waals surface area contributed by atoms with Crippen LogP contribution in [0.2, 0.25) is 0 Å². The minimum Gasteiger partial charge on any atom is -0.342 e. The number of piperidine rings is 3. The largest absolute Gasteiger partial charge is 0.342 e. The van der Waals surface area contributed by atoms with Gasteiger partial charge in [0, 0.05) is 50.9 Å². The van der Waals surface area contributed by atoms with Gasteiger partial charge in [0.15, 0.2) is 0 Å². The third-order valence-corrected chi connectivity index (χ3v) is 7.30. The molecular formula is C23H34N4O2. The number of carbonyl (C=O) groups excluding carboxylic acids is 2. The first-order chi connectivity index (χ1) is 14.1. The zero-order chi connectivity index (χ0) is 20.3. The molecule has 4 heterocycles. The van der Waals surface area contributed by atoms with Gasteiger partial charge >= 0.3 is 0 Å². The Bertz CT molecular complexity index is 715. The highest BCUT2D eigenvalue weighted by molar-refractivity contribution is 5.82. The molecular weight excluding hydrogens is 364 g/mol. The number of rotatable bonds is 4. The van der Waals surface area contributed by atoms with Crippen LogP contribution in [0.5, 0.6) is 0 Å². The smallest absolute Gasteiger partial charge is 0.239 e. The van der Waals surface area contributed by atoms with Crippen LogP contribution >= 0.6 is 0 Å². The van der Waals surface area contributed by atoms with Crippen molar-refractivity contribution in [2.75, 3.05) is 39.8 Å². The maximum atomic E-state index is 13.0. The fourth-order valence-corrected chi connectivity index (χ4v) is 5.31. The molecule has 0 radical (unpaired) electrons. The molecule has 0 N–H and O–H groups in total. The summed E-state index contributed by atoms with van der Waals surface area (Å²) in [5, 5.41) is 0. The summed E-state index contributed by atoms with van der Waals surface area (Å²) in [6.45, 7) is 4.29. The van der Waals surface area contributed by atoms with E-state index in [1.165, 1.54) is 6.42 Å². The van der Waals surface area contributed by atoms with Gasteiger partial charge in [-0.15, -0.1) is 0 Å². The molecule has 1 aromatic heterocycles. The van der Waals surface area contributed by atoms with Gasteiger partial charge in [-0.25, -0.2) is 0 Å². The third kappa shape index (κ3) is 4.63. The minimum absolute atomic E-state index is 0.0700. The van der Waals surface area contributed by atoms with Crippen molar-refractivity contribution in [3.05, 3.63) is 30.1 Å². The van der Waals surface area contributed by atoms with Gasteiger partial charge in [0.2, 0.25) is 11.8 Å². The molecule has 3 aliphatic rings. The van der Waals surface area contributed by atoms with Gasteiger partial charge in [-0.1, -0.05) is 12.5 Å². The second-order valence-corrected chi connectivity index (χ2v) is 9.20. The van der Waals surface area contributed by atoms with Crippen LogP contribution in [-0.4, -0.2) is 77.3 Å². The van der Waals surface area contributed by atoms with Crippen LogP contribution in [-0.2, 0) is 16.0 Å². The molecule has 0 aliphatic carbocycles. The lowest BCUT2D eigenvalue weighted by atomic mass is 9.72. The van der Waals surface area contributed by atoms with E-state index < -0.39 is 0 Å².